The molecular formula is C70H114O57. The van der Waals surface area contributed by atoms with Crippen LogP contribution in [-0.2, 0) is 128 Å². The zero-order chi connectivity index (χ0) is 91.3. The van der Waals surface area contributed by atoms with E-state index in [0.29, 0.717) is 0 Å². The van der Waals surface area contributed by atoms with Crippen LogP contribution in [0.25, 0.3) is 0 Å². The molecule has 0 amide bonds. The van der Waals surface area contributed by atoms with Crippen molar-refractivity contribution in [2.24, 2.45) is 0 Å². The maximum atomic E-state index is 11.5. The van der Waals surface area contributed by atoms with Gasteiger partial charge in [0.2, 0.25) is 0 Å². The van der Waals surface area contributed by atoms with Gasteiger partial charge in [0, 0.05) is 0 Å². The van der Waals surface area contributed by atoms with E-state index in [4.69, 9.17) is 128 Å². The summed E-state index contributed by atoms with van der Waals surface area (Å²) in [5.74, 6) is 0. The summed E-state index contributed by atoms with van der Waals surface area (Å²) in [7, 11) is 0. The smallest absolute Gasteiger partial charge is 0.187 e. The van der Waals surface area contributed by atoms with Gasteiger partial charge in [-0.25, -0.2) is 0 Å². The highest BCUT2D eigenvalue weighted by atomic mass is 16.8. The maximum absolute atomic E-state index is 11.5. The first-order valence-corrected chi connectivity index (χ1v) is 40.9. The molecule has 14 fully saturated rings. The lowest BCUT2D eigenvalue weighted by Crippen LogP contribution is -2.64. The fourth-order valence-corrected chi connectivity index (χ4v) is 16.2. The molecule has 14 unspecified atom stereocenters. The highest BCUT2D eigenvalue weighted by Gasteiger charge is 2.59. The Morgan fingerprint density at radius 3 is 0.551 bits per heavy atom. The summed E-state index contributed by atoms with van der Waals surface area (Å²) < 4.78 is 151. The number of ether oxygens (including phenoxy) is 27. The first-order valence-electron chi connectivity index (χ1n) is 40.9. The van der Waals surface area contributed by atoms with Crippen LogP contribution in [0.5, 0.6) is 0 Å². The van der Waals surface area contributed by atoms with Crippen molar-refractivity contribution in [1.82, 2.24) is 0 Å². The number of hydrogen-bond donors (Lipinski definition) is 30. The molecule has 127 heavy (non-hydrogen) atoms. The molecule has 57 heteroatoms. The Kier molecular flexibility index (Phi) is 34.6. The molecule has 0 aromatic carbocycles. The molecule has 14 aliphatic rings. The minimum absolute atomic E-state index is 0.412. The van der Waals surface area contributed by atoms with Gasteiger partial charge in [-0.2, -0.15) is 0 Å². The van der Waals surface area contributed by atoms with Gasteiger partial charge in [-0.05, 0) is 0 Å². The number of aliphatic hydroxyl groups is 30. The van der Waals surface area contributed by atoms with E-state index in [2.05, 4.69) is 0 Å². The van der Waals surface area contributed by atoms with Crippen LogP contribution in [0, 0.1) is 0 Å². The second-order valence-corrected chi connectivity index (χ2v) is 32.9. The summed E-state index contributed by atoms with van der Waals surface area (Å²) in [6.45, 7) is -8.15. The van der Waals surface area contributed by atoms with Crippen LogP contribution in [0.15, 0.2) is 0 Å². The van der Waals surface area contributed by atoms with Gasteiger partial charge >= 0.3 is 0 Å². The van der Waals surface area contributed by atoms with E-state index in [9.17, 15) is 153 Å². The van der Waals surface area contributed by atoms with Gasteiger partial charge in [0.25, 0.3) is 0 Å². The van der Waals surface area contributed by atoms with E-state index in [1.807, 2.05) is 0 Å². The molecule has 0 bridgehead atoms. The van der Waals surface area contributed by atoms with E-state index in [1.54, 1.807) is 0 Å². The van der Waals surface area contributed by atoms with E-state index < -0.39 is 437 Å². The van der Waals surface area contributed by atoms with E-state index >= 15 is 0 Å². The lowest BCUT2D eigenvalue weighted by Gasteiger charge is -2.46. The normalized spacial score (nSPS) is 54.8. The van der Waals surface area contributed by atoms with Gasteiger partial charge in [-0.15, -0.1) is 0 Å². The molecule has 30 N–H and O–H groups in total. The van der Waals surface area contributed by atoms with Crippen molar-refractivity contribution in [3.63, 3.8) is 0 Å². The molecule has 0 aromatic heterocycles. The molecule has 14 heterocycles. The van der Waals surface area contributed by atoms with Crippen LogP contribution < -0.4 is 0 Å². The topological polar surface area (TPSA) is 856 Å². The maximum Gasteiger partial charge on any atom is 0.187 e. The van der Waals surface area contributed by atoms with Gasteiger partial charge in [0.05, 0.1) is 92.5 Å². The molecule has 0 spiro atoms. The van der Waals surface area contributed by atoms with Crippen LogP contribution >= 0.6 is 0 Å². The molecule has 14 saturated heterocycles. The Balaban J connectivity index is 0.467. The average Bonchev–Trinajstić information content (AvgIpc) is 1.46. The molecule has 0 radical (unpaired) electrons. The third-order valence-electron chi connectivity index (χ3n) is 24.2. The SMILES string of the molecule is OC[C@@H]1O[C@@H](OC2[C@H](O[C@@H]3CO[C@H](O[C@@H]4CO[C@H](O[C@@H]5CO[C@H](O[C@@H]6CO[C@H](O[C@@H]7CO[C@H](O[C@@H]8CO[C@H](O[C@@H]9CO[C@H](O[C@@H]%10CO[C@H](O[C@@H]%11CO[C@H](O[C@@H]%12CO[C@@H](O[C@@H]%13CO[C@@H](O)C(O)[C@H]%13O)C(O)[C@H]%12O)C(O)[C@H]%11O)C(O)[C@H]%10O)C(O)[C@H]9O)C(O)[C@H]8O)C(O)[C@H]7O)C(O)[C@H]6O)C(O)[C@H]5O)C(O)[C@H]4O)C(O)[C@H]3O)OC[C@@H](O[C@@H]3OC[C@@H](O)[C@H](O)C3O)[C@@H]2O)C(O)[C@@H]1O. The summed E-state index contributed by atoms with van der Waals surface area (Å²) in [5.41, 5.74) is 0. The third-order valence-corrected chi connectivity index (χ3v) is 24.2. The zero-order valence-electron chi connectivity index (χ0n) is 66.7. The fraction of sp³-hybridized carbons (Fsp3) is 1.00. The monoisotopic (exact) mass is 1870 g/mol. The Bertz CT molecular complexity index is 3350. The van der Waals surface area contributed by atoms with Crippen molar-refractivity contribution in [3.05, 3.63) is 0 Å². The second kappa shape index (κ2) is 43.6. The molecule has 14 aliphatic heterocycles. The van der Waals surface area contributed by atoms with Gasteiger partial charge < -0.3 is 281 Å². The Morgan fingerprint density at radius 2 is 0.331 bits per heavy atom. The van der Waals surface area contributed by atoms with E-state index in [-0.39, 0.29) is 0 Å². The summed E-state index contributed by atoms with van der Waals surface area (Å²) in [6, 6.07) is 0. The molecule has 736 valence electrons. The average molecular weight is 1870 g/mol. The summed E-state index contributed by atoms with van der Waals surface area (Å²) in [4.78, 5) is 0. The van der Waals surface area contributed by atoms with E-state index in [1.165, 1.54) is 0 Å². The highest BCUT2D eigenvalue weighted by Crippen LogP contribution is 2.39. The van der Waals surface area contributed by atoms with Crippen molar-refractivity contribution < 1.29 is 281 Å². The van der Waals surface area contributed by atoms with Gasteiger partial charge in [-0.3, -0.25) is 0 Å². The number of aliphatic hydroxyl groups excluding tert-OH is 30. The second-order valence-electron chi connectivity index (χ2n) is 32.9. The Morgan fingerprint density at radius 1 is 0.157 bits per heavy atom. The van der Waals surface area contributed by atoms with Gasteiger partial charge in [0.1, 0.15) is 256 Å². The fourth-order valence-electron chi connectivity index (χ4n) is 16.2. The molecule has 57 nitrogen and oxygen atoms in total. The molecule has 0 saturated carbocycles. The predicted octanol–water partition coefficient (Wildman–Crippen LogP) is -22.6. The summed E-state index contributed by atoms with van der Waals surface area (Å²) in [6.07, 6.45) is -97.2. The van der Waals surface area contributed by atoms with Crippen molar-refractivity contribution >= 4 is 0 Å². The van der Waals surface area contributed by atoms with Crippen LogP contribution in [0.3, 0.4) is 0 Å². The molecular weight excluding hydrogens is 1750 g/mol. The van der Waals surface area contributed by atoms with Crippen LogP contribution in [-0.4, -0.2) is 590 Å². The minimum atomic E-state index is -2.01. The first-order chi connectivity index (χ1) is 60.4. The van der Waals surface area contributed by atoms with Crippen molar-refractivity contribution in [1.29, 1.82) is 0 Å². The lowest BCUT2D eigenvalue weighted by atomic mass is 10.0. The minimum Gasteiger partial charge on any atom is -0.394 e. The van der Waals surface area contributed by atoms with Crippen molar-refractivity contribution in [3.8, 4) is 0 Å². The molecule has 0 aliphatic carbocycles. The van der Waals surface area contributed by atoms with Crippen molar-refractivity contribution in [2.45, 2.75) is 344 Å². The largest absolute Gasteiger partial charge is 0.394 e. The van der Waals surface area contributed by atoms with Crippen LogP contribution in [0.4, 0.5) is 0 Å². The summed E-state index contributed by atoms with van der Waals surface area (Å²) >= 11 is 0. The molecule has 0 aromatic rings. The lowest BCUT2D eigenvalue weighted by molar-refractivity contribution is -0.374. The first kappa shape index (κ1) is 101. The Labute approximate surface area is 716 Å². The van der Waals surface area contributed by atoms with Crippen LogP contribution in [0.1, 0.15) is 0 Å². The quantitative estimate of drug-likeness (QED) is 0.0363. The van der Waals surface area contributed by atoms with Gasteiger partial charge in [-0.1, -0.05) is 0 Å². The predicted molar refractivity (Wildman–Crippen MR) is 376 cm³/mol. The number of hydrogen-bond acceptors (Lipinski definition) is 57. The third kappa shape index (κ3) is 22.0. The van der Waals surface area contributed by atoms with Crippen LogP contribution in [0.2, 0.25) is 0 Å². The molecule has 56 atom stereocenters. The van der Waals surface area contributed by atoms with Crippen molar-refractivity contribution in [2.75, 3.05) is 92.5 Å². The molecule has 14 rings (SSSR count). The number of rotatable bonds is 27. The Hall–Kier alpha value is -2.28. The zero-order valence-corrected chi connectivity index (χ0v) is 66.7. The summed E-state index contributed by atoms with van der Waals surface area (Å²) in [5, 5.41) is 324. The van der Waals surface area contributed by atoms with Gasteiger partial charge in [0.15, 0.2) is 88.1 Å². The van der Waals surface area contributed by atoms with E-state index in [0.717, 1.165) is 0 Å². The highest BCUT2D eigenvalue weighted by molar-refractivity contribution is 5.00. The standard InChI is InChI=1S/C70H114O57/c71-1-16-30(74)55(99)69(114-16)127-56-42(86)28(125-58-44(88)29(73)15(72)2-102-58)14-113-70(56)126-27-13-112-68(54(98)41(27)85)124-26-12-111-67(53(97)40(26)84)123-25-11-110-66(52(96)39(25)83)122-24-10-109-65(51(95)38(24)82)121-23-9-108-64(50(94)37(23)81)120-22-8-107-63(49(93)36(22)80)119-21-7-106-62(48(92)35(21)79)118-20-6-105-61(47(91)34(20)78)117-19-5-104-60(46(90)33(19)77)116-18-4-103-59(45(89)32(18)76)115-17-3-101-57(100)43(87)31(17)75/h15-100H,1-14H2/t15-,16+,17-,18-,19-,20-,21-,22-,23-,24-,25-,26-,27-,28-,29+,30-,31+,32+,33+,34+,35+,36+,37+,38+,39+,40+,41+,42+,43?,44?,45?,46?,47?,48?,49?,50?,51?,52?,53?,54?,55?,56?,57-,58+,59+,60-,61-,62-,63-,64-,65-,66-,67-,68-,69+,70+/m1/s1.